The number of carbonyl (C=O) groups excluding carboxylic acids is 2. The molecule has 0 aliphatic carbocycles. The normalized spacial score (nSPS) is 10.7. The average Bonchev–Trinajstić information content (AvgIpc) is 2.95. The van der Waals surface area contributed by atoms with E-state index in [4.69, 9.17) is 23.7 Å². The summed E-state index contributed by atoms with van der Waals surface area (Å²) in [4.78, 5) is 24.4. The van der Waals surface area contributed by atoms with E-state index in [1.165, 1.54) is 12.4 Å². The Morgan fingerprint density at radius 2 is 1.11 bits per heavy atom. The molecule has 0 radical (unpaired) electrons. The molecular weight excluding hydrogens is 492 g/mol. The van der Waals surface area contributed by atoms with Crippen molar-refractivity contribution in [2.45, 2.75) is 0 Å². The zero-order valence-electron chi connectivity index (χ0n) is 21.4. The lowest BCUT2D eigenvalue weighted by atomic mass is 10.2. The Balaban J connectivity index is 1.47. The van der Waals surface area contributed by atoms with Crippen molar-refractivity contribution in [2.75, 3.05) is 35.0 Å². The number of amides is 2. The molecule has 11 nitrogen and oxygen atoms in total. The van der Waals surface area contributed by atoms with Crippen LogP contribution in [-0.2, 0) is 4.79 Å². The second-order valence-electron chi connectivity index (χ2n) is 7.60. The molecule has 2 amide bonds. The molecule has 0 atom stereocenters. The first kappa shape index (κ1) is 27.5. The van der Waals surface area contributed by atoms with Gasteiger partial charge in [-0.05, 0) is 48.5 Å². The first-order valence-corrected chi connectivity index (χ1v) is 11.3. The van der Waals surface area contributed by atoms with Crippen LogP contribution in [0.3, 0.4) is 0 Å². The van der Waals surface area contributed by atoms with Crippen LogP contribution in [0.4, 0.5) is 0 Å². The van der Waals surface area contributed by atoms with Crippen molar-refractivity contribution >= 4 is 24.2 Å². The van der Waals surface area contributed by atoms with Crippen LogP contribution in [0.1, 0.15) is 21.5 Å². The Kier molecular flexibility index (Phi) is 10.1. The fraction of sp³-hybridized carbons (Fsp3) is 0.185. The maximum atomic E-state index is 12.4. The number of carbonyl (C=O) groups is 2. The zero-order valence-corrected chi connectivity index (χ0v) is 21.4. The highest BCUT2D eigenvalue weighted by atomic mass is 16.5. The van der Waals surface area contributed by atoms with E-state index < -0.39 is 11.8 Å². The van der Waals surface area contributed by atoms with Gasteiger partial charge in [0.05, 0.1) is 40.9 Å². The number of nitrogens with one attached hydrogen (secondary N) is 2. The Labute approximate surface area is 220 Å². The quantitative estimate of drug-likeness (QED) is 0.277. The number of rotatable bonds is 12. The Bertz CT molecular complexity index is 1260. The molecule has 0 spiro atoms. The lowest BCUT2D eigenvalue weighted by molar-refractivity contribution is -0.123. The van der Waals surface area contributed by atoms with Crippen LogP contribution >= 0.6 is 0 Å². The summed E-state index contributed by atoms with van der Waals surface area (Å²) in [6.07, 6.45) is 2.94. The van der Waals surface area contributed by atoms with Gasteiger partial charge in [0.25, 0.3) is 11.8 Å². The number of ether oxygens (including phenoxy) is 5. The molecule has 198 valence electrons. The molecule has 0 heterocycles. The summed E-state index contributed by atoms with van der Waals surface area (Å²) < 4.78 is 26.3. The van der Waals surface area contributed by atoms with Crippen molar-refractivity contribution in [1.29, 1.82) is 0 Å². The number of hydrogen-bond donors (Lipinski definition) is 2. The van der Waals surface area contributed by atoms with E-state index in [0.717, 1.165) is 0 Å². The molecule has 3 aromatic carbocycles. The summed E-state index contributed by atoms with van der Waals surface area (Å²) in [5.74, 6) is 1.94. The minimum Gasteiger partial charge on any atom is -0.497 e. The Morgan fingerprint density at radius 1 is 0.658 bits per heavy atom. The van der Waals surface area contributed by atoms with Gasteiger partial charge in [-0.1, -0.05) is 0 Å². The lowest BCUT2D eigenvalue weighted by Crippen LogP contribution is -2.24. The zero-order chi connectivity index (χ0) is 27.3. The first-order valence-electron chi connectivity index (χ1n) is 11.3. The van der Waals surface area contributed by atoms with Crippen LogP contribution in [0.25, 0.3) is 0 Å². The highest BCUT2D eigenvalue weighted by Gasteiger charge is 2.07. The Hall–Kier alpha value is -5.06. The van der Waals surface area contributed by atoms with E-state index in [0.29, 0.717) is 45.4 Å². The molecule has 0 aromatic heterocycles. The predicted molar refractivity (Wildman–Crippen MR) is 142 cm³/mol. The number of nitrogens with zero attached hydrogens (tertiary/aromatic N) is 2. The number of methoxy groups -OCH3 is 4. The van der Waals surface area contributed by atoms with Crippen LogP contribution in [-0.4, -0.2) is 59.3 Å². The summed E-state index contributed by atoms with van der Waals surface area (Å²) in [5.41, 5.74) is 6.58. The van der Waals surface area contributed by atoms with Gasteiger partial charge in [0.15, 0.2) is 6.61 Å². The molecule has 0 bridgehead atoms. The molecule has 0 aliphatic heterocycles. The fourth-order valence-electron chi connectivity index (χ4n) is 3.10. The summed E-state index contributed by atoms with van der Waals surface area (Å²) >= 11 is 0. The van der Waals surface area contributed by atoms with Gasteiger partial charge in [-0.25, -0.2) is 10.9 Å². The van der Waals surface area contributed by atoms with Crippen molar-refractivity contribution in [3.05, 3.63) is 77.4 Å². The van der Waals surface area contributed by atoms with Gasteiger partial charge >= 0.3 is 0 Å². The van der Waals surface area contributed by atoms with Crippen molar-refractivity contribution < 1.29 is 33.3 Å². The van der Waals surface area contributed by atoms with Crippen molar-refractivity contribution in [3.63, 3.8) is 0 Å². The van der Waals surface area contributed by atoms with E-state index >= 15 is 0 Å². The van der Waals surface area contributed by atoms with E-state index in [-0.39, 0.29) is 6.61 Å². The molecular formula is C27H28N4O7. The van der Waals surface area contributed by atoms with Crippen molar-refractivity contribution in [3.8, 4) is 28.7 Å². The largest absolute Gasteiger partial charge is 0.497 e. The highest BCUT2D eigenvalue weighted by Crippen LogP contribution is 2.22. The molecule has 3 rings (SSSR count). The second-order valence-corrected chi connectivity index (χ2v) is 7.60. The standard InChI is InChI=1S/C27H28N4O7/c1-34-22-9-18(10-23(13-22)35-2)15-28-30-26(32)17-38-21-7-5-20(6-8-21)27(33)31-29-16-19-11-24(36-3)14-25(12-19)37-4/h5-16H,17H2,1-4H3,(H,30,32)(H,31,33)/b28-15+,29-16+. The molecule has 0 saturated heterocycles. The number of hydrazone groups is 2. The summed E-state index contributed by atoms with van der Waals surface area (Å²) in [6, 6.07) is 16.7. The van der Waals surface area contributed by atoms with Gasteiger partial charge in [-0.2, -0.15) is 10.2 Å². The number of benzene rings is 3. The van der Waals surface area contributed by atoms with E-state index in [2.05, 4.69) is 21.1 Å². The minimum atomic E-state index is -0.457. The van der Waals surface area contributed by atoms with Gasteiger partial charge in [0.2, 0.25) is 0 Å². The van der Waals surface area contributed by atoms with Crippen LogP contribution in [0.2, 0.25) is 0 Å². The molecule has 2 N–H and O–H groups in total. The smallest absolute Gasteiger partial charge is 0.277 e. The monoisotopic (exact) mass is 520 g/mol. The highest BCUT2D eigenvalue weighted by molar-refractivity contribution is 5.95. The van der Waals surface area contributed by atoms with Gasteiger partial charge in [-0.15, -0.1) is 0 Å². The molecule has 0 saturated carbocycles. The summed E-state index contributed by atoms with van der Waals surface area (Å²) in [7, 11) is 6.19. The molecule has 11 heteroatoms. The number of hydrogen-bond acceptors (Lipinski definition) is 9. The summed E-state index contributed by atoms with van der Waals surface area (Å²) in [5, 5.41) is 7.89. The van der Waals surface area contributed by atoms with Crippen LogP contribution in [0.5, 0.6) is 28.7 Å². The SMILES string of the molecule is COc1cc(/C=N/NC(=O)COc2ccc(C(=O)N/N=C/c3cc(OC)cc(OC)c3)cc2)cc(OC)c1. The van der Waals surface area contributed by atoms with E-state index in [1.807, 2.05) is 0 Å². The predicted octanol–water partition coefficient (Wildman–Crippen LogP) is 3.01. The maximum Gasteiger partial charge on any atom is 0.277 e. The first-order chi connectivity index (χ1) is 18.4. The molecule has 38 heavy (non-hydrogen) atoms. The van der Waals surface area contributed by atoms with Gasteiger partial charge in [0.1, 0.15) is 28.7 Å². The second kappa shape index (κ2) is 13.9. The van der Waals surface area contributed by atoms with Crippen molar-refractivity contribution in [2.24, 2.45) is 10.2 Å². The topological polar surface area (TPSA) is 129 Å². The van der Waals surface area contributed by atoms with Crippen LogP contribution in [0, 0.1) is 0 Å². The minimum absolute atomic E-state index is 0.265. The van der Waals surface area contributed by atoms with E-state index in [1.54, 1.807) is 89.1 Å². The van der Waals surface area contributed by atoms with Gasteiger partial charge in [0, 0.05) is 28.8 Å². The third-order valence-electron chi connectivity index (χ3n) is 5.02. The van der Waals surface area contributed by atoms with Crippen LogP contribution < -0.4 is 34.5 Å². The fourth-order valence-corrected chi connectivity index (χ4v) is 3.10. The maximum absolute atomic E-state index is 12.4. The molecule has 3 aromatic rings. The van der Waals surface area contributed by atoms with Crippen molar-refractivity contribution in [1.82, 2.24) is 10.9 Å². The molecule has 0 fully saturated rings. The van der Waals surface area contributed by atoms with Gasteiger partial charge < -0.3 is 23.7 Å². The van der Waals surface area contributed by atoms with Gasteiger partial charge in [-0.3, -0.25) is 9.59 Å². The third kappa shape index (κ3) is 8.26. The van der Waals surface area contributed by atoms with Crippen LogP contribution in [0.15, 0.2) is 70.9 Å². The average molecular weight is 521 g/mol. The Morgan fingerprint density at radius 3 is 1.55 bits per heavy atom. The lowest BCUT2D eigenvalue weighted by Gasteiger charge is -2.07. The molecule has 0 unspecified atom stereocenters. The summed E-state index contributed by atoms with van der Waals surface area (Å²) in [6.45, 7) is -0.265. The third-order valence-corrected chi connectivity index (χ3v) is 5.02. The molecule has 0 aliphatic rings. The van der Waals surface area contributed by atoms with E-state index in [9.17, 15) is 9.59 Å².